The molecule has 0 unspecified atom stereocenters. The zero-order valence-electron chi connectivity index (χ0n) is 10.5. The molecule has 0 aliphatic rings. The van der Waals surface area contributed by atoms with E-state index in [9.17, 15) is 4.79 Å². The lowest BCUT2D eigenvalue weighted by Crippen LogP contribution is -2.24. The quantitative estimate of drug-likeness (QED) is 0.900. The van der Waals surface area contributed by atoms with E-state index in [1.165, 1.54) is 0 Å². The van der Waals surface area contributed by atoms with Crippen LogP contribution in [0.4, 0.5) is 5.82 Å². The van der Waals surface area contributed by atoms with Crippen molar-refractivity contribution in [1.29, 1.82) is 0 Å². The van der Waals surface area contributed by atoms with Crippen LogP contribution in [-0.2, 0) is 6.54 Å². The van der Waals surface area contributed by atoms with Crippen molar-refractivity contribution in [3.63, 3.8) is 0 Å². The Balaban J connectivity index is 2.09. The van der Waals surface area contributed by atoms with Gasteiger partial charge in [-0.1, -0.05) is 5.16 Å². The van der Waals surface area contributed by atoms with Gasteiger partial charge in [-0.05, 0) is 28.9 Å². The number of anilines is 1. The first kappa shape index (κ1) is 13.5. The fourth-order valence-corrected chi connectivity index (χ4v) is 1.91. The van der Waals surface area contributed by atoms with Gasteiger partial charge in [-0.2, -0.15) is 0 Å². The lowest BCUT2D eigenvalue weighted by atomic mass is 10.2. The molecule has 0 spiro atoms. The molecule has 0 aliphatic carbocycles. The van der Waals surface area contributed by atoms with Crippen molar-refractivity contribution in [2.45, 2.75) is 13.5 Å². The fourth-order valence-electron chi connectivity index (χ4n) is 1.57. The SMILES string of the molecule is CNc1ncc(Br)cc1C(=O)NCc1cc(C)no1. The standard InChI is InChI=1S/C12H13BrN4O2/c1-7-3-9(19-17-7)6-16-12(18)10-4-8(13)5-15-11(10)14-2/h3-5H,6H2,1-2H3,(H,14,15)(H,16,18). The molecule has 0 aliphatic heterocycles. The van der Waals surface area contributed by atoms with Crippen molar-refractivity contribution in [3.8, 4) is 0 Å². The van der Waals surface area contributed by atoms with Crippen molar-refractivity contribution in [2.75, 3.05) is 12.4 Å². The van der Waals surface area contributed by atoms with Crippen molar-refractivity contribution in [1.82, 2.24) is 15.5 Å². The molecule has 19 heavy (non-hydrogen) atoms. The topological polar surface area (TPSA) is 80.0 Å². The molecule has 2 heterocycles. The number of carbonyl (C=O) groups excluding carboxylic acids is 1. The van der Waals surface area contributed by atoms with Gasteiger partial charge in [-0.25, -0.2) is 4.98 Å². The number of hydrogen-bond donors (Lipinski definition) is 2. The van der Waals surface area contributed by atoms with Crippen LogP contribution >= 0.6 is 15.9 Å². The molecule has 0 aromatic carbocycles. The number of amides is 1. The summed E-state index contributed by atoms with van der Waals surface area (Å²) in [4.78, 5) is 16.2. The molecule has 6 nitrogen and oxygen atoms in total. The van der Waals surface area contributed by atoms with Crippen LogP contribution in [0.25, 0.3) is 0 Å². The van der Waals surface area contributed by atoms with E-state index in [-0.39, 0.29) is 12.5 Å². The van der Waals surface area contributed by atoms with Gasteiger partial charge in [0, 0.05) is 23.8 Å². The maximum Gasteiger partial charge on any atom is 0.255 e. The third-order valence-corrected chi connectivity index (χ3v) is 2.87. The number of carbonyl (C=O) groups is 1. The monoisotopic (exact) mass is 324 g/mol. The molecule has 2 N–H and O–H groups in total. The lowest BCUT2D eigenvalue weighted by molar-refractivity contribution is 0.0947. The molecule has 1 amide bonds. The highest BCUT2D eigenvalue weighted by atomic mass is 79.9. The highest BCUT2D eigenvalue weighted by Gasteiger charge is 2.13. The minimum atomic E-state index is -0.229. The summed E-state index contributed by atoms with van der Waals surface area (Å²) in [5, 5.41) is 9.39. The number of aromatic nitrogens is 2. The molecule has 0 bridgehead atoms. The molecule has 0 atom stereocenters. The van der Waals surface area contributed by atoms with E-state index in [2.05, 4.69) is 36.7 Å². The number of nitrogens with one attached hydrogen (secondary N) is 2. The Morgan fingerprint density at radius 1 is 1.47 bits per heavy atom. The maximum atomic E-state index is 12.1. The second-order valence-electron chi connectivity index (χ2n) is 3.92. The summed E-state index contributed by atoms with van der Waals surface area (Å²) < 4.78 is 5.77. The first-order valence-corrected chi connectivity index (χ1v) is 6.43. The summed E-state index contributed by atoms with van der Waals surface area (Å²) in [6.45, 7) is 2.11. The van der Waals surface area contributed by atoms with E-state index in [1.807, 2.05) is 6.92 Å². The van der Waals surface area contributed by atoms with Crippen LogP contribution in [0.5, 0.6) is 0 Å². The Labute approximate surface area is 118 Å². The van der Waals surface area contributed by atoms with Crippen LogP contribution in [0.1, 0.15) is 21.8 Å². The molecule has 2 rings (SSSR count). The lowest BCUT2D eigenvalue weighted by Gasteiger charge is -2.08. The molecule has 0 radical (unpaired) electrons. The molecule has 100 valence electrons. The minimum absolute atomic E-state index is 0.229. The zero-order valence-corrected chi connectivity index (χ0v) is 12.1. The van der Waals surface area contributed by atoms with Gasteiger partial charge < -0.3 is 15.2 Å². The molecule has 7 heteroatoms. The molecule has 0 saturated heterocycles. The first-order chi connectivity index (χ1) is 9.10. The molecule has 0 saturated carbocycles. The molecular formula is C12H13BrN4O2. The van der Waals surface area contributed by atoms with Crippen molar-refractivity contribution < 1.29 is 9.32 Å². The Kier molecular flexibility index (Phi) is 4.16. The second-order valence-corrected chi connectivity index (χ2v) is 4.83. The maximum absolute atomic E-state index is 12.1. The predicted molar refractivity (Wildman–Crippen MR) is 73.9 cm³/mol. The smallest absolute Gasteiger partial charge is 0.255 e. The summed E-state index contributed by atoms with van der Waals surface area (Å²) in [5.74, 6) is 0.904. The summed E-state index contributed by atoms with van der Waals surface area (Å²) in [7, 11) is 1.72. The molecule has 2 aromatic heterocycles. The zero-order chi connectivity index (χ0) is 13.8. The van der Waals surface area contributed by atoms with Gasteiger partial charge in [-0.3, -0.25) is 4.79 Å². The number of hydrogen-bond acceptors (Lipinski definition) is 5. The number of nitrogens with zero attached hydrogens (tertiary/aromatic N) is 2. The van der Waals surface area contributed by atoms with Crippen LogP contribution in [-0.4, -0.2) is 23.1 Å². The van der Waals surface area contributed by atoms with E-state index in [1.54, 1.807) is 25.4 Å². The van der Waals surface area contributed by atoms with Gasteiger partial charge >= 0.3 is 0 Å². The highest BCUT2D eigenvalue weighted by molar-refractivity contribution is 9.10. The van der Waals surface area contributed by atoms with Gasteiger partial charge in [0.25, 0.3) is 5.91 Å². The minimum Gasteiger partial charge on any atom is -0.372 e. The van der Waals surface area contributed by atoms with Crippen LogP contribution in [0, 0.1) is 6.92 Å². The Bertz CT molecular complexity index is 597. The third kappa shape index (κ3) is 3.31. The summed E-state index contributed by atoms with van der Waals surface area (Å²) >= 11 is 3.29. The van der Waals surface area contributed by atoms with Crippen LogP contribution in [0.2, 0.25) is 0 Å². The van der Waals surface area contributed by atoms with Crippen molar-refractivity contribution >= 4 is 27.7 Å². The van der Waals surface area contributed by atoms with E-state index in [0.29, 0.717) is 17.1 Å². The number of rotatable bonds is 4. The van der Waals surface area contributed by atoms with Crippen molar-refractivity contribution in [2.24, 2.45) is 0 Å². The average molecular weight is 325 g/mol. The predicted octanol–water partition coefficient (Wildman–Crippen LogP) is 2.11. The van der Waals surface area contributed by atoms with Gasteiger partial charge in [-0.15, -0.1) is 0 Å². The third-order valence-electron chi connectivity index (χ3n) is 2.44. The van der Waals surface area contributed by atoms with Crippen LogP contribution < -0.4 is 10.6 Å². The van der Waals surface area contributed by atoms with Gasteiger partial charge in [0.15, 0.2) is 5.76 Å². The number of pyridine rings is 1. The second kappa shape index (κ2) is 5.83. The van der Waals surface area contributed by atoms with Crippen molar-refractivity contribution in [3.05, 3.63) is 39.8 Å². The van der Waals surface area contributed by atoms with Crippen LogP contribution in [0.15, 0.2) is 27.3 Å². The molecule has 0 fully saturated rings. The van der Waals surface area contributed by atoms with Gasteiger partial charge in [0.05, 0.1) is 17.8 Å². The van der Waals surface area contributed by atoms with E-state index >= 15 is 0 Å². The van der Waals surface area contributed by atoms with Gasteiger partial charge in [0.1, 0.15) is 5.82 Å². The number of halogens is 1. The van der Waals surface area contributed by atoms with Crippen LogP contribution in [0.3, 0.4) is 0 Å². The van der Waals surface area contributed by atoms with E-state index in [0.717, 1.165) is 10.2 Å². The van der Waals surface area contributed by atoms with Gasteiger partial charge in [0.2, 0.25) is 0 Å². The Morgan fingerprint density at radius 2 is 2.26 bits per heavy atom. The molecular weight excluding hydrogens is 312 g/mol. The highest BCUT2D eigenvalue weighted by Crippen LogP contribution is 2.17. The first-order valence-electron chi connectivity index (χ1n) is 5.64. The fraction of sp³-hybridized carbons (Fsp3) is 0.250. The molecule has 2 aromatic rings. The van der Waals surface area contributed by atoms with E-state index < -0.39 is 0 Å². The Hall–Kier alpha value is -1.89. The summed E-state index contributed by atoms with van der Waals surface area (Å²) in [6.07, 6.45) is 1.63. The normalized spacial score (nSPS) is 10.3. The average Bonchev–Trinajstić information content (AvgIpc) is 2.81. The number of aryl methyl sites for hydroxylation is 1. The summed E-state index contributed by atoms with van der Waals surface area (Å²) in [5.41, 5.74) is 1.25. The largest absolute Gasteiger partial charge is 0.372 e. The Morgan fingerprint density at radius 3 is 2.89 bits per heavy atom. The van der Waals surface area contributed by atoms with E-state index in [4.69, 9.17) is 4.52 Å². The summed E-state index contributed by atoms with van der Waals surface area (Å²) in [6, 6.07) is 3.48.